The summed E-state index contributed by atoms with van der Waals surface area (Å²) in [5.41, 5.74) is 0.368. The van der Waals surface area contributed by atoms with Gasteiger partial charge < -0.3 is 115 Å². The Labute approximate surface area is 792 Å². The van der Waals surface area contributed by atoms with E-state index in [1.807, 2.05) is 0 Å². The van der Waals surface area contributed by atoms with Crippen LogP contribution in [0.3, 0.4) is 0 Å². The first-order valence-electron chi connectivity index (χ1n) is 42.4. The van der Waals surface area contributed by atoms with Gasteiger partial charge in [0.2, 0.25) is 0 Å². The highest BCUT2D eigenvalue weighted by Crippen LogP contribution is 2.47. The maximum atomic E-state index is 12.8. The summed E-state index contributed by atoms with van der Waals surface area (Å²) in [4.78, 5) is 119. The summed E-state index contributed by atoms with van der Waals surface area (Å²) in [6, 6.07) is 3.33. The normalized spacial score (nSPS) is 16.6. The molecule has 2 aliphatic carbocycles. The second-order valence-electron chi connectivity index (χ2n) is 37.0. The lowest BCUT2D eigenvalue weighted by atomic mass is 9.62. The minimum Gasteiger partial charge on any atom is -0.460 e. The van der Waals surface area contributed by atoms with Gasteiger partial charge in [-0.3, -0.25) is 0 Å². The molecule has 0 aromatic carbocycles. The van der Waals surface area contributed by atoms with Crippen molar-refractivity contribution in [3.8, 4) is 0 Å². The molecule has 0 bridgehead atoms. The van der Waals surface area contributed by atoms with Gasteiger partial charge in [-0.1, -0.05) is 127 Å². The predicted molar refractivity (Wildman–Crippen MR) is 533 cm³/mol. The molecule has 2 saturated carbocycles. The predicted octanol–water partition coefficient (Wildman–Crippen LogP) is 19.0. The van der Waals surface area contributed by atoms with Gasteiger partial charge in [0.15, 0.2) is 33.3 Å². The fourth-order valence-corrected chi connectivity index (χ4v) is 43.0. The molecule has 4 unspecified atom stereocenters. The molecule has 0 spiro atoms. The Bertz CT molecular complexity index is 3110. The van der Waals surface area contributed by atoms with Crippen LogP contribution in [0.4, 0.5) is 28.8 Å². The van der Waals surface area contributed by atoms with E-state index in [0.29, 0.717) is 63.5 Å². The highest BCUT2D eigenvalue weighted by Gasteiger charge is 2.45. The minimum absolute atomic E-state index is 0. The van der Waals surface area contributed by atoms with Crippen molar-refractivity contribution in [2.75, 3.05) is 145 Å². The summed E-state index contributed by atoms with van der Waals surface area (Å²) in [6.07, 6.45) is 4.41. The van der Waals surface area contributed by atoms with Crippen LogP contribution in [0.5, 0.6) is 0 Å². The van der Waals surface area contributed by atoms with Crippen molar-refractivity contribution in [2.24, 2.45) is 21.7 Å². The average Bonchev–Trinajstić information content (AvgIpc) is 0.800. The van der Waals surface area contributed by atoms with E-state index >= 15 is 0 Å². The maximum absolute atomic E-state index is 12.8. The van der Waals surface area contributed by atoms with Gasteiger partial charge in [0.05, 0.1) is 39.5 Å². The van der Waals surface area contributed by atoms with E-state index < -0.39 is 111 Å². The van der Waals surface area contributed by atoms with Crippen molar-refractivity contribution < 1.29 is 131 Å². The SMILES string of the molecule is C.C.C.C.C.C.C.C.C=C(C)C(=O)OCCNC(=O)OCCOCCC[Si](C)(C)O[Si](C)(C)O[Si](C)(C)CCCOCCOC(=O)NCCOC(=O)C(=C)C.C=C(C)C(=O)OCCOC(=O)NCC1(C)CC(NC(=O)OCCOCCC[Si](C)(C)O[Si](C)(C)O[Si](C)(C)CCCOCCOC(=O)NC2CC(C)(C)CC(C)(CNC(=O)OCCOC(=O)C(=C)C)C2)CC(C)(C)C1. The Morgan fingerprint density at radius 2 is 0.492 bits per heavy atom. The maximum Gasteiger partial charge on any atom is 0.407 e. The Hall–Kier alpha value is -6.56. The van der Waals surface area contributed by atoms with Gasteiger partial charge in [-0.25, -0.2) is 47.9 Å². The van der Waals surface area contributed by atoms with Crippen LogP contribution in [0.25, 0.3) is 0 Å². The summed E-state index contributed by atoms with van der Waals surface area (Å²) >= 11 is 0. The molecule has 0 saturated heterocycles. The number of amides is 6. The quantitative estimate of drug-likeness (QED) is 0.0108. The topological polar surface area (TPSA) is 409 Å². The van der Waals surface area contributed by atoms with E-state index in [0.717, 1.165) is 75.5 Å². The molecular weight excluding hydrogens is 1780 g/mol. The third-order valence-corrected chi connectivity index (χ3v) is 41.7. The lowest BCUT2D eigenvalue weighted by molar-refractivity contribution is -0.140. The van der Waals surface area contributed by atoms with Crippen LogP contribution in [-0.4, -0.2) is 268 Å². The fraction of sp³-hybridized carbons (Fsp3) is 0.800. The number of hydrogen-bond acceptors (Lipinski definition) is 28. The smallest absolute Gasteiger partial charge is 0.407 e. The highest BCUT2D eigenvalue weighted by atomic mass is 28.5. The van der Waals surface area contributed by atoms with Gasteiger partial charge >= 0.3 is 77.6 Å². The zero-order valence-corrected chi connectivity index (χ0v) is 83.9. The first kappa shape index (κ1) is 139. The van der Waals surface area contributed by atoms with Crippen LogP contribution >= 0.6 is 0 Å². The molecule has 6 amide bonds. The monoisotopic (exact) mass is 1970 g/mol. The summed E-state index contributed by atoms with van der Waals surface area (Å²) in [5, 5.41) is 16.7. The van der Waals surface area contributed by atoms with Crippen LogP contribution in [-0.2, 0) is 102 Å². The number of hydrogen-bond donors (Lipinski definition) is 6. The molecule has 4 atom stereocenters. The molecular formula is C90H186N6O28Si6. The Balaban J connectivity index is -0.000000394. The van der Waals surface area contributed by atoms with Crippen molar-refractivity contribution in [1.82, 2.24) is 31.9 Å². The molecule has 130 heavy (non-hydrogen) atoms. The number of carbonyl (C=O) groups is 10. The molecule has 0 aromatic rings. The van der Waals surface area contributed by atoms with Crippen LogP contribution in [0.1, 0.15) is 193 Å². The number of alkyl carbamates (subject to hydrolysis) is 6. The standard InChI is InChI=1S/C52H96N4O16Si3.C30H58N2O12Si3.8CH4/c1-39(2)43(57)65-25-27-67-45(59)53-37-51(9)33-41(31-49(5,6)35-51)55-47(61)69-23-21-63-19-17-29-73(11,12)71-75(15,16)72-74(13,14)30-18-20-64-22-24-70-48(62)56-42-32-50(7,8)36-52(10,34-42)38-54-46(60)68-28-26-66-44(58)40(3)4;1-25(2)27(33)39-17-13-31-29(35)41-21-19-37-15-11-23-45(5,6)43-47(9,10)44-46(7,8)24-12-16-38-20-22-42-30(36)32-14-18-40-28(34)26(3)4;;;;;;;;/h41-42H,1,3,17-38H2,2,4-16H3,(H,53,59)(H,54,60)(H,55,61)(H,56,62);1,3,11-24H2,2,4-10H3,(H,31,35)(H,32,36);8*1H4. The molecule has 6 N–H and O–H groups in total. The number of nitrogens with one attached hydrogen (secondary N) is 6. The van der Waals surface area contributed by atoms with E-state index in [1.54, 1.807) is 27.7 Å². The van der Waals surface area contributed by atoms with Gasteiger partial charge in [0.1, 0.15) is 66.1 Å². The van der Waals surface area contributed by atoms with E-state index in [9.17, 15) is 47.9 Å². The van der Waals surface area contributed by atoms with Crippen molar-refractivity contribution in [3.05, 3.63) is 48.6 Å². The zero-order valence-electron chi connectivity index (χ0n) is 77.9. The summed E-state index contributed by atoms with van der Waals surface area (Å²) < 4.78 is 101. The third kappa shape index (κ3) is 71.1. The lowest BCUT2D eigenvalue weighted by Gasteiger charge is -2.46. The average molecular weight is 1970 g/mol. The van der Waals surface area contributed by atoms with E-state index in [1.165, 1.54) is 0 Å². The first-order valence-corrected chi connectivity index (χ1v) is 60.5. The van der Waals surface area contributed by atoms with E-state index in [2.05, 4.69) is 178 Å². The Kier molecular flexibility index (Phi) is 74.0. The molecule has 2 fully saturated rings. The van der Waals surface area contributed by atoms with Gasteiger partial charge in [-0.05, 0) is 216 Å². The van der Waals surface area contributed by atoms with Crippen molar-refractivity contribution in [3.63, 3.8) is 0 Å². The highest BCUT2D eigenvalue weighted by molar-refractivity contribution is 6.88. The molecule has 40 heteroatoms. The molecule has 0 heterocycles. The lowest BCUT2D eigenvalue weighted by Crippen LogP contribution is -2.52. The van der Waals surface area contributed by atoms with Gasteiger partial charge in [-0.15, -0.1) is 0 Å². The largest absolute Gasteiger partial charge is 0.460 e. The molecule has 2 rings (SSSR count). The molecule has 768 valence electrons. The molecule has 0 aromatic heterocycles. The summed E-state index contributed by atoms with van der Waals surface area (Å²) in [6.45, 7) is 63.5. The van der Waals surface area contributed by atoms with E-state index in [4.69, 9.17) is 82.8 Å². The number of carbonyl (C=O) groups excluding carboxylic acids is 10. The third-order valence-electron chi connectivity index (χ3n) is 18.8. The molecule has 34 nitrogen and oxygen atoms in total. The second kappa shape index (κ2) is 69.3. The van der Waals surface area contributed by atoms with E-state index in [-0.39, 0.29) is 210 Å². The van der Waals surface area contributed by atoms with Gasteiger partial charge in [0.25, 0.3) is 0 Å². The number of esters is 4. The number of ether oxygens (including phenoxy) is 14. The van der Waals surface area contributed by atoms with Crippen LogP contribution in [0, 0.1) is 21.7 Å². The fourth-order valence-electron chi connectivity index (χ4n) is 15.0. The first-order chi connectivity index (χ1) is 56.5. The second-order valence-corrected chi connectivity index (χ2v) is 61.9. The van der Waals surface area contributed by atoms with Crippen LogP contribution in [0.2, 0.25) is 103 Å². The Morgan fingerprint density at radius 1 is 0.285 bits per heavy atom. The van der Waals surface area contributed by atoms with Gasteiger partial charge in [0, 0.05) is 73.9 Å². The van der Waals surface area contributed by atoms with Gasteiger partial charge in [-0.2, -0.15) is 0 Å². The van der Waals surface area contributed by atoms with Crippen molar-refractivity contribution in [1.29, 1.82) is 0 Å². The Morgan fingerprint density at radius 3 is 0.731 bits per heavy atom. The van der Waals surface area contributed by atoms with Crippen molar-refractivity contribution >= 4 is 111 Å². The van der Waals surface area contributed by atoms with Crippen LogP contribution in [0.15, 0.2) is 48.6 Å². The summed E-state index contributed by atoms with van der Waals surface area (Å²) in [7, 11) is -13.0. The molecule has 0 aliphatic heterocycles. The van der Waals surface area contributed by atoms with Crippen molar-refractivity contribution in [2.45, 2.75) is 308 Å². The minimum atomic E-state index is -2.45. The summed E-state index contributed by atoms with van der Waals surface area (Å²) in [5.74, 6) is -2.08. The molecule has 0 radical (unpaired) electrons. The van der Waals surface area contributed by atoms with Crippen LogP contribution < -0.4 is 31.9 Å². The molecule has 2 aliphatic rings. The zero-order chi connectivity index (χ0) is 92.7. The number of rotatable bonds is 58.